The minimum atomic E-state index is 0.831. The first-order valence-corrected chi connectivity index (χ1v) is 6.48. The molecule has 0 amide bonds. The Hall–Kier alpha value is -1.22. The van der Waals surface area contributed by atoms with Gasteiger partial charge in [-0.2, -0.15) is 0 Å². The lowest BCUT2D eigenvalue weighted by Crippen LogP contribution is -2.09. The second-order valence-corrected chi connectivity index (χ2v) is 4.72. The predicted molar refractivity (Wildman–Crippen MR) is 67.1 cm³/mol. The molecule has 1 N–H and O–H groups in total. The number of nitrogens with one attached hydrogen (secondary N) is 1. The molecule has 0 unspecified atom stereocenters. The lowest BCUT2D eigenvalue weighted by atomic mass is 9.96. The molecular formula is C14H19NO2. The highest BCUT2D eigenvalue weighted by Crippen LogP contribution is 2.40. The molecule has 3 rings (SSSR count). The summed E-state index contributed by atoms with van der Waals surface area (Å²) in [5, 5.41) is 3.20. The van der Waals surface area contributed by atoms with Crippen LogP contribution in [-0.4, -0.2) is 26.8 Å². The van der Waals surface area contributed by atoms with E-state index in [9.17, 15) is 0 Å². The van der Waals surface area contributed by atoms with Crippen LogP contribution in [0.2, 0.25) is 0 Å². The molecule has 0 saturated heterocycles. The maximum atomic E-state index is 5.81. The van der Waals surface area contributed by atoms with Crippen LogP contribution in [0.25, 0.3) is 0 Å². The van der Waals surface area contributed by atoms with Crippen LogP contribution in [0.3, 0.4) is 0 Å². The summed E-state index contributed by atoms with van der Waals surface area (Å²) in [4.78, 5) is 0. The van der Waals surface area contributed by atoms with E-state index in [0.29, 0.717) is 0 Å². The van der Waals surface area contributed by atoms with Gasteiger partial charge in [0.1, 0.15) is 11.5 Å². The van der Waals surface area contributed by atoms with Crippen molar-refractivity contribution < 1.29 is 9.47 Å². The van der Waals surface area contributed by atoms with Crippen LogP contribution in [0.15, 0.2) is 6.07 Å². The molecule has 1 aromatic rings. The Morgan fingerprint density at radius 3 is 3.00 bits per heavy atom. The fourth-order valence-corrected chi connectivity index (χ4v) is 2.79. The van der Waals surface area contributed by atoms with E-state index in [4.69, 9.17) is 9.47 Å². The van der Waals surface area contributed by atoms with Gasteiger partial charge in [-0.25, -0.2) is 0 Å². The zero-order valence-corrected chi connectivity index (χ0v) is 10.3. The molecule has 2 heterocycles. The van der Waals surface area contributed by atoms with Gasteiger partial charge in [-0.3, -0.25) is 0 Å². The van der Waals surface area contributed by atoms with Gasteiger partial charge < -0.3 is 14.8 Å². The van der Waals surface area contributed by atoms with Gasteiger partial charge in [0.2, 0.25) is 0 Å². The van der Waals surface area contributed by atoms with E-state index in [1.54, 1.807) is 0 Å². The number of rotatable bonds is 4. The maximum absolute atomic E-state index is 5.81. The summed E-state index contributed by atoms with van der Waals surface area (Å²) in [6.07, 6.45) is 4.32. The molecule has 0 spiro atoms. The van der Waals surface area contributed by atoms with Crippen LogP contribution >= 0.6 is 0 Å². The maximum Gasteiger partial charge on any atom is 0.126 e. The van der Waals surface area contributed by atoms with E-state index >= 15 is 0 Å². The van der Waals surface area contributed by atoms with Gasteiger partial charge in [-0.05, 0) is 32.5 Å². The first-order valence-electron chi connectivity index (χ1n) is 6.48. The minimum Gasteiger partial charge on any atom is -0.493 e. The van der Waals surface area contributed by atoms with E-state index in [2.05, 4.69) is 11.4 Å². The summed E-state index contributed by atoms with van der Waals surface area (Å²) in [5.74, 6) is 2.26. The highest BCUT2D eigenvalue weighted by atomic mass is 16.5. The minimum absolute atomic E-state index is 0.831. The smallest absolute Gasteiger partial charge is 0.126 e. The van der Waals surface area contributed by atoms with Crippen molar-refractivity contribution in [2.24, 2.45) is 0 Å². The number of hydrogen-bond acceptors (Lipinski definition) is 3. The second-order valence-electron chi connectivity index (χ2n) is 4.72. The first-order chi connectivity index (χ1) is 8.40. The fraction of sp³-hybridized carbons (Fsp3) is 0.571. The van der Waals surface area contributed by atoms with Gasteiger partial charge in [-0.1, -0.05) is 0 Å². The van der Waals surface area contributed by atoms with Crippen molar-refractivity contribution in [2.75, 3.05) is 26.8 Å². The Balaban J connectivity index is 1.94. The van der Waals surface area contributed by atoms with E-state index in [1.165, 1.54) is 16.7 Å². The largest absolute Gasteiger partial charge is 0.493 e. The third-order valence-electron chi connectivity index (χ3n) is 3.61. The summed E-state index contributed by atoms with van der Waals surface area (Å²) in [7, 11) is 2.00. The lowest BCUT2D eigenvalue weighted by molar-refractivity contribution is 0.352. The molecule has 0 radical (unpaired) electrons. The molecule has 1 aromatic carbocycles. The van der Waals surface area contributed by atoms with Crippen molar-refractivity contribution in [3.63, 3.8) is 0 Å². The van der Waals surface area contributed by atoms with Crippen molar-refractivity contribution in [1.29, 1.82) is 0 Å². The lowest BCUT2D eigenvalue weighted by Gasteiger charge is -2.12. The molecular weight excluding hydrogens is 214 g/mol. The van der Waals surface area contributed by atoms with E-state index in [0.717, 1.165) is 56.9 Å². The molecule has 0 saturated carbocycles. The van der Waals surface area contributed by atoms with Gasteiger partial charge >= 0.3 is 0 Å². The topological polar surface area (TPSA) is 30.5 Å². The molecule has 3 nitrogen and oxygen atoms in total. The Morgan fingerprint density at radius 2 is 2.12 bits per heavy atom. The zero-order valence-electron chi connectivity index (χ0n) is 10.3. The average Bonchev–Trinajstić information content (AvgIpc) is 2.95. The highest BCUT2D eigenvalue weighted by molar-refractivity contribution is 5.56. The van der Waals surface area contributed by atoms with Crippen LogP contribution in [-0.2, 0) is 19.3 Å². The van der Waals surface area contributed by atoms with Crippen molar-refractivity contribution >= 4 is 0 Å². The van der Waals surface area contributed by atoms with Crippen LogP contribution in [0, 0.1) is 0 Å². The monoisotopic (exact) mass is 233 g/mol. The van der Waals surface area contributed by atoms with Crippen LogP contribution in [0.1, 0.15) is 23.1 Å². The summed E-state index contributed by atoms with van der Waals surface area (Å²) >= 11 is 0. The molecule has 0 bridgehead atoms. The normalized spacial score (nSPS) is 16.3. The Kier molecular flexibility index (Phi) is 2.93. The number of fused-ring (bicyclic) bond motifs is 2. The third-order valence-corrected chi connectivity index (χ3v) is 3.61. The molecule has 2 aliphatic rings. The Labute approximate surface area is 102 Å². The number of hydrogen-bond donors (Lipinski definition) is 1. The van der Waals surface area contributed by atoms with Gasteiger partial charge in [-0.15, -0.1) is 0 Å². The highest BCUT2D eigenvalue weighted by Gasteiger charge is 2.25. The third kappa shape index (κ3) is 1.89. The summed E-state index contributed by atoms with van der Waals surface area (Å²) in [5.41, 5.74) is 4.13. The van der Waals surface area contributed by atoms with Crippen molar-refractivity contribution in [2.45, 2.75) is 25.7 Å². The van der Waals surface area contributed by atoms with Gasteiger partial charge in [0, 0.05) is 29.5 Å². The molecule has 0 aliphatic carbocycles. The van der Waals surface area contributed by atoms with Crippen LogP contribution in [0.5, 0.6) is 11.5 Å². The van der Waals surface area contributed by atoms with Crippen molar-refractivity contribution in [3.8, 4) is 11.5 Å². The fourth-order valence-electron chi connectivity index (χ4n) is 2.79. The molecule has 0 atom stereocenters. The number of benzene rings is 1. The summed E-state index contributed by atoms with van der Waals surface area (Å²) in [6.45, 7) is 2.72. The van der Waals surface area contributed by atoms with Gasteiger partial charge in [0.25, 0.3) is 0 Å². The average molecular weight is 233 g/mol. The first kappa shape index (κ1) is 10.9. The van der Waals surface area contributed by atoms with E-state index < -0.39 is 0 Å². The van der Waals surface area contributed by atoms with E-state index in [-0.39, 0.29) is 0 Å². The summed E-state index contributed by atoms with van der Waals surface area (Å²) in [6, 6.07) is 2.19. The SMILES string of the molecule is CNCCCc1c2c(cc3c1OCC3)OCC2. The molecule has 0 aromatic heterocycles. The predicted octanol–water partition coefficient (Wildman–Crippen LogP) is 1.71. The zero-order chi connectivity index (χ0) is 11.7. The van der Waals surface area contributed by atoms with Crippen LogP contribution in [0.4, 0.5) is 0 Å². The van der Waals surface area contributed by atoms with Gasteiger partial charge in [0.15, 0.2) is 0 Å². The standard InChI is InChI=1S/C14H19NO2/c1-15-6-2-3-12-11-5-8-16-13(11)9-10-4-7-17-14(10)12/h9,15H,2-8H2,1H3. The van der Waals surface area contributed by atoms with E-state index in [1.807, 2.05) is 7.05 Å². The molecule has 2 aliphatic heterocycles. The number of ether oxygens (including phenoxy) is 2. The van der Waals surface area contributed by atoms with Gasteiger partial charge in [0.05, 0.1) is 13.2 Å². The van der Waals surface area contributed by atoms with Crippen LogP contribution < -0.4 is 14.8 Å². The van der Waals surface area contributed by atoms with Crippen molar-refractivity contribution in [3.05, 3.63) is 22.8 Å². The Bertz CT molecular complexity index is 396. The quantitative estimate of drug-likeness (QED) is 0.803. The molecule has 92 valence electrons. The molecule has 3 heteroatoms. The second kappa shape index (κ2) is 4.57. The summed E-state index contributed by atoms with van der Waals surface area (Å²) < 4.78 is 11.5. The van der Waals surface area contributed by atoms with Crippen molar-refractivity contribution in [1.82, 2.24) is 5.32 Å². The molecule has 17 heavy (non-hydrogen) atoms. The Morgan fingerprint density at radius 1 is 1.24 bits per heavy atom. The molecule has 0 fully saturated rings.